The first-order valence-corrected chi connectivity index (χ1v) is 14.0. The standard InChI is InChI=1S/C32H38N4O4/c1-21-15-17-34-29(18-21)33-16-5-8-30(37)35-20-31(38)36-28(19-32(39)40)24-12-10-23(11-13-24)26-14-9-22(2)25-6-3-4-7-27(25)26/h9-15,17-18,28H,3-8,16,19-20H2,1-2H3,(H,33,34)(H,35,37)(H,36,38)(H,39,40)/t28-/m0/s1. The topological polar surface area (TPSA) is 120 Å². The summed E-state index contributed by atoms with van der Waals surface area (Å²) in [6.45, 7) is 4.52. The molecule has 4 N–H and O–H groups in total. The SMILES string of the molecule is Cc1ccnc(NCCCC(=O)NCC(=O)N[C@@H](CC(=O)O)c2ccc(-c3ccc(C)c4c3CCCC4)cc2)c1. The number of nitrogens with one attached hydrogen (secondary N) is 3. The van der Waals surface area contributed by atoms with Crippen LogP contribution in [-0.2, 0) is 27.2 Å². The number of benzene rings is 2. The number of carboxylic acids is 1. The fourth-order valence-corrected chi connectivity index (χ4v) is 5.25. The predicted octanol–water partition coefficient (Wildman–Crippen LogP) is 4.88. The van der Waals surface area contributed by atoms with E-state index in [0.29, 0.717) is 18.5 Å². The molecule has 0 saturated heterocycles. The highest BCUT2D eigenvalue weighted by Crippen LogP contribution is 2.34. The van der Waals surface area contributed by atoms with Crippen LogP contribution in [0, 0.1) is 13.8 Å². The van der Waals surface area contributed by atoms with E-state index in [2.05, 4.69) is 40.0 Å². The fraction of sp³-hybridized carbons (Fsp3) is 0.375. The van der Waals surface area contributed by atoms with Crippen molar-refractivity contribution in [3.63, 3.8) is 0 Å². The monoisotopic (exact) mass is 542 g/mol. The van der Waals surface area contributed by atoms with Crippen molar-refractivity contribution in [2.75, 3.05) is 18.4 Å². The van der Waals surface area contributed by atoms with Gasteiger partial charge < -0.3 is 21.1 Å². The first-order valence-electron chi connectivity index (χ1n) is 14.0. The van der Waals surface area contributed by atoms with Gasteiger partial charge in [-0.25, -0.2) is 4.98 Å². The molecule has 2 aromatic carbocycles. The highest BCUT2D eigenvalue weighted by atomic mass is 16.4. The summed E-state index contributed by atoms with van der Waals surface area (Å²) in [6, 6.07) is 15.2. The molecule has 1 aliphatic rings. The lowest BCUT2D eigenvalue weighted by Crippen LogP contribution is -2.39. The Kier molecular flexibility index (Phi) is 9.89. The van der Waals surface area contributed by atoms with Crippen LogP contribution in [0.15, 0.2) is 54.7 Å². The maximum Gasteiger partial charge on any atom is 0.305 e. The van der Waals surface area contributed by atoms with Gasteiger partial charge in [-0.05, 0) is 97.0 Å². The number of carbonyl (C=O) groups is 3. The van der Waals surface area contributed by atoms with Crippen LogP contribution >= 0.6 is 0 Å². The molecule has 0 radical (unpaired) electrons. The number of aromatic nitrogens is 1. The Morgan fingerprint density at radius 2 is 1.70 bits per heavy atom. The molecule has 8 nitrogen and oxygen atoms in total. The van der Waals surface area contributed by atoms with Crippen molar-refractivity contribution in [1.82, 2.24) is 15.6 Å². The summed E-state index contributed by atoms with van der Waals surface area (Å²) in [5, 5.41) is 18.0. The number of aliphatic carboxylic acids is 1. The van der Waals surface area contributed by atoms with Crippen LogP contribution in [0.5, 0.6) is 0 Å². The second-order valence-corrected chi connectivity index (χ2v) is 10.5. The van der Waals surface area contributed by atoms with E-state index in [-0.39, 0.29) is 25.3 Å². The van der Waals surface area contributed by atoms with E-state index in [9.17, 15) is 19.5 Å². The zero-order chi connectivity index (χ0) is 28.5. The molecule has 3 aromatic rings. The van der Waals surface area contributed by atoms with E-state index >= 15 is 0 Å². The lowest BCUT2D eigenvalue weighted by Gasteiger charge is -2.22. The van der Waals surface area contributed by atoms with Crippen molar-refractivity contribution < 1.29 is 19.5 Å². The molecular weight excluding hydrogens is 504 g/mol. The van der Waals surface area contributed by atoms with Crippen LogP contribution in [0.25, 0.3) is 11.1 Å². The molecule has 2 amide bonds. The lowest BCUT2D eigenvalue weighted by atomic mass is 9.83. The molecule has 1 aromatic heterocycles. The zero-order valence-electron chi connectivity index (χ0n) is 23.3. The average Bonchev–Trinajstić information content (AvgIpc) is 2.94. The van der Waals surface area contributed by atoms with E-state index in [0.717, 1.165) is 29.8 Å². The summed E-state index contributed by atoms with van der Waals surface area (Å²) < 4.78 is 0. The van der Waals surface area contributed by atoms with Crippen molar-refractivity contribution in [2.24, 2.45) is 0 Å². The van der Waals surface area contributed by atoms with Gasteiger partial charge in [-0.15, -0.1) is 0 Å². The van der Waals surface area contributed by atoms with Crippen LogP contribution in [-0.4, -0.2) is 41.0 Å². The third-order valence-electron chi connectivity index (χ3n) is 7.36. The number of carboxylic acid groups (broad SMARTS) is 1. The summed E-state index contributed by atoms with van der Waals surface area (Å²) in [4.78, 5) is 40.6. The van der Waals surface area contributed by atoms with Gasteiger partial charge in [0.15, 0.2) is 0 Å². The van der Waals surface area contributed by atoms with Crippen LogP contribution in [0.4, 0.5) is 5.82 Å². The third-order valence-corrected chi connectivity index (χ3v) is 7.36. The number of aryl methyl sites for hydroxylation is 2. The molecule has 0 saturated carbocycles. The smallest absolute Gasteiger partial charge is 0.305 e. The molecule has 0 aliphatic heterocycles. The van der Waals surface area contributed by atoms with Gasteiger partial charge in [0.1, 0.15) is 5.82 Å². The fourth-order valence-electron chi connectivity index (χ4n) is 5.25. The number of rotatable bonds is 12. The number of hydrogen-bond donors (Lipinski definition) is 4. The van der Waals surface area contributed by atoms with Crippen LogP contribution in [0.3, 0.4) is 0 Å². The van der Waals surface area contributed by atoms with E-state index in [1.807, 2.05) is 43.3 Å². The molecule has 210 valence electrons. The third kappa shape index (κ3) is 7.91. The Morgan fingerprint density at radius 3 is 2.42 bits per heavy atom. The second-order valence-electron chi connectivity index (χ2n) is 10.5. The van der Waals surface area contributed by atoms with Crippen molar-refractivity contribution in [1.29, 1.82) is 0 Å². The maximum atomic E-state index is 12.6. The normalized spacial score (nSPS) is 13.2. The molecule has 1 aliphatic carbocycles. The van der Waals surface area contributed by atoms with Crippen molar-refractivity contribution in [3.8, 4) is 11.1 Å². The van der Waals surface area contributed by atoms with Gasteiger partial charge in [-0.1, -0.05) is 36.4 Å². The summed E-state index contributed by atoms with van der Waals surface area (Å²) in [5.74, 6) is -0.926. The largest absolute Gasteiger partial charge is 0.481 e. The van der Waals surface area contributed by atoms with E-state index in [1.165, 1.54) is 35.1 Å². The van der Waals surface area contributed by atoms with Gasteiger partial charge in [-0.3, -0.25) is 14.4 Å². The van der Waals surface area contributed by atoms with Gasteiger partial charge in [0.2, 0.25) is 11.8 Å². The Balaban J connectivity index is 1.30. The lowest BCUT2D eigenvalue weighted by molar-refractivity contribution is -0.138. The molecular formula is C32H38N4O4. The molecule has 0 spiro atoms. The first-order chi connectivity index (χ1) is 19.3. The minimum atomic E-state index is -1.01. The van der Waals surface area contributed by atoms with E-state index in [1.54, 1.807) is 6.20 Å². The Labute approximate surface area is 235 Å². The predicted molar refractivity (Wildman–Crippen MR) is 156 cm³/mol. The summed E-state index contributed by atoms with van der Waals surface area (Å²) >= 11 is 0. The number of amides is 2. The van der Waals surface area contributed by atoms with Crippen LogP contribution < -0.4 is 16.0 Å². The minimum absolute atomic E-state index is 0.213. The number of pyridine rings is 1. The zero-order valence-corrected chi connectivity index (χ0v) is 23.3. The molecule has 0 fully saturated rings. The Bertz CT molecular complexity index is 1350. The van der Waals surface area contributed by atoms with E-state index in [4.69, 9.17) is 0 Å². The van der Waals surface area contributed by atoms with Crippen LogP contribution in [0.1, 0.15) is 66.0 Å². The highest BCUT2D eigenvalue weighted by molar-refractivity contribution is 5.85. The minimum Gasteiger partial charge on any atom is -0.481 e. The molecule has 0 unspecified atom stereocenters. The number of anilines is 1. The first kappa shape index (κ1) is 28.8. The van der Waals surface area contributed by atoms with Crippen molar-refractivity contribution in [3.05, 3.63) is 82.5 Å². The molecule has 40 heavy (non-hydrogen) atoms. The van der Waals surface area contributed by atoms with Gasteiger partial charge in [0.05, 0.1) is 19.0 Å². The van der Waals surface area contributed by atoms with Gasteiger partial charge in [-0.2, -0.15) is 0 Å². The number of fused-ring (bicyclic) bond motifs is 1. The Morgan fingerprint density at radius 1 is 0.950 bits per heavy atom. The van der Waals surface area contributed by atoms with Crippen molar-refractivity contribution in [2.45, 2.75) is 64.8 Å². The van der Waals surface area contributed by atoms with E-state index < -0.39 is 17.9 Å². The van der Waals surface area contributed by atoms with Gasteiger partial charge in [0, 0.05) is 19.2 Å². The molecule has 8 heteroatoms. The molecule has 1 heterocycles. The quantitative estimate of drug-likeness (QED) is 0.242. The number of hydrogen-bond acceptors (Lipinski definition) is 5. The van der Waals surface area contributed by atoms with Gasteiger partial charge in [0.25, 0.3) is 0 Å². The van der Waals surface area contributed by atoms with Gasteiger partial charge >= 0.3 is 5.97 Å². The summed E-state index contributed by atoms with van der Waals surface area (Å²) in [7, 11) is 0. The molecule has 1 atom stereocenters. The second kappa shape index (κ2) is 13.7. The highest BCUT2D eigenvalue weighted by Gasteiger charge is 2.20. The van der Waals surface area contributed by atoms with Crippen molar-refractivity contribution >= 4 is 23.6 Å². The summed E-state index contributed by atoms with van der Waals surface area (Å²) in [6.07, 6.45) is 6.90. The molecule has 4 rings (SSSR count). The maximum absolute atomic E-state index is 12.6. The van der Waals surface area contributed by atoms with Crippen LogP contribution in [0.2, 0.25) is 0 Å². The number of nitrogens with zero attached hydrogens (tertiary/aromatic N) is 1. The Hall–Kier alpha value is -4.20. The molecule has 0 bridgehead atoms. The summed E-state index contributed by atoms with van der Waals surface area (Å²) in [5.41, 5.74) is 8.31. The number of carbonyl (C=O) groups excluding carboxylic acids is 2. The average molecular weight is 543 g/mol.